The monoisotopic (exact) mass is 464 g/mol. The Bertz CT molecular complexity index is 476. The van der Waals surface area contributed by atoms with Crippen LogP contribution in [-0.4, -0.2) is 25.8 Å². The first kappa shape index (κ1) is 30.4. The summed E-state index contributed by atoms with van der Waals surface area (Å²) >= 11 is 0. The average Bonchev–Trinajstić information content (AvgIpc) is 2.82. The molecule has 0 bridgehead atoms. The van der Waals surface area contributed by atoms with Crippen molar-refractivity contribution in [3.8, 4) is 0 Å². The number of allylic oxidation sites excluding steroid dienone is 2. The van der Waals surface area contributed by atoms with Gasteiger partial charge in [-0.15, -0.1) is 13.2 Å². The predicted octanol–water partition coefficient (Wildman–Crippen LogP) is 9.23. The van der Waals surface area contributed by atoms with Gasteiger partial charge in [-0.25, -0.2) is 0 Å². The van der Waals surface area contributed by atoms with Crippen molar-refractivity contribution < 1.29 is 14.2 Å². The Morgan fingerprint density at radius 1 is 0.788 bits per heavy atom. The molecule has 1 saturated carbocycles. The molecule has 0 N–H and O–H groups in total. The van der Waals surface area contributed by atoms with E-state index in [1.807, 2.05) is 20.8 Å². The van der Waals surface area contributed by atoms with Crippen molar-refractivity contribution in [2.24, 2.45) is 17.3 Å². The molecule has 0 aromatic rings. The van der Waals surface area contributed by atoms with Gasteiger partial charge in [0.1, 0.15) is 0 Å². The summed E-state index contributed by atoms with van der Waals surface area (Å²) in [5, 5.41) is 0. The molecule has 0 spiro atoms. The highest BCUT2D eigenvalue weighted by atomic mass is 16.9. The van der Waals surface area contributed by atoms with Crippen LogP contribution in [0.1, 0.15) is 124 Å². The summed E-state index contributed by atoms with van der Waals surface area (Å²) in [7, 11) is 0. The van der Waals surface area contributed by atoms with Gasteiger partial charge in [0.15, 0.2) is 0 Å². The molecule has 1 aliphatic rings. The van der Waals surface area contributed by atoms with Crippen molar-refractivity contribution in [1.29, 1.82) is 0 Å². The third-order valence-electron chi connectivity index (χ3n) is 7.75. The van der Waals surface area contributed by atoms with E-state index in [2.05, 4.69) is 32.2 Å². The summed E-state index contributed by atoms with van der Waals surface area (Å²) in [6.07, 6.45) is 23.7. The van der Waals surface area contributed by atoms with E-state index in [4.69, 9.17) is 14.2 Å². The highest BCUT2D eigenvalue weighted by Gasteiger charge is 2.38. The second-order valence-electron chi connectivity index (χ2n) is 10.1. The van der Waals surface area contributed by atoms with Gasteiger partial charge in [-0.2, -0.15) is 0 Å². The first-order chi connectivity index (χ1) is 16.0. The van der Waals surface area contributed by atoms with Crippen LogP contribution in [0.5, 0.6) is 0 Å². The number of hydrogen-bond acceptors (Lipinski definition) is 3. The molecule has 2 unspecified atom stereocenters. The molecule has 3 nitrogen and oxygen atoms in total. The molecular formula is C30H56O3. The number of ether oxygens (including phenoxy) is 3. The maximum atomic E-state index is 5.82. The molecular weight excluding hydrogens is 408 g/mol. The van der Waals surface area contributed by atoms with Gasteiger partial charge in [-0.05, 0) is 51.9 Å². The summed E-state index contributed by atoms with van der Waals surface area (Å²) < 4.78 is 17.5. The molecule has 1 fully saturated rings. The topological polar surface area (TPSA) is 27.7 Å². The van der Waals surface area contributed by atoms with Gasteiger partial charge in [0.2, 0.25) is 0 Å². The van der Waals surface area contributed by atoms with Crippen LogP contribution in [0, 0.1) is 17.3 Å². The summed E-state index contributed by atoms with van der Waals surface area (Å²) in [6, 6.07) is 0. The third-order valence-corrected chi connectivity index (χ3v) is 7.75. The second-order valence-corrected chi connectivity index (χ2v) is 10.1. The van der Waals surface area contributed by atoms with E-state index < -0.39 is 5.97 Å². The predicted molar refractivity (Wildman–Crippen MR) is 142 cm³/mol. The maximum Gasteiger partial charge on any atom is 0.282 e. The zero-order valence-corrected chi connectivity index (χ0v) is 22.7. The third kappa shape index (κ3) is 10.7. The van der Waals surface area contributed by atoms with E-state index in [9.17, 15) is 0 Å². The zero-order valence-electron chi connectivity index (χ0n) is 22.7. The molecule has 0 heterocycles. The molecule has 0 radical (unpaired) electrons. The lowest BCUT2D eigenvalue weighted by atomic mass is 9.61. The minimum atomic E-state index is -0.829. The molecule has 1 aliphatic carbocycles. The minimum absolute atomic E-state index is 0.186. The van der Waals surface area contributed by atoms with Crippen LogP contribution >= 0.6 is 0 Å². The fourth-order valence-electron chi connectivity index (χ4n) is 5.90. The Morgan fingerprint density at radius 2 is 1.27 bits per heavy atom. The van der Waals surface area contributed by atoms with Gasteiger partial charge in [-0.1, -0.05) is 89.7 Å². The Labute approximate surface area is 206 Å². The highest BCUT2D eigenvalue weighted by molar-refractivity contribution is 5.12. The Morgan fingerprint density at radius 3 is 1.76 bits per heavy atom. The standard InChI is InChI=1S/C30H56O3/c1-7-29(8-2)25-22-20-24-28(29)27(6)23-19-17-15-13-12-14-16-18-21-26-30(31-9-3,32-10-4)33-11-5/h7-8,27-28H,1-2,9-26H2,3-6H3. The van der Waals surface area contributed by atoms with Gasteiger partial charge in [0.05, 0.1) is 0 Å². The van der Waals surface area contributed by atoms with E-state index in [1.54, 1.807) is 0 Å². The van der Waals surface area contributed by atoms with Crippen molar-refractivity contribution in [2.75, 3.05) is 19.8 Å². The van der Waals surface area contributed by atoms with Crippen LogP contribution in [0.3, 0.4) is 0 Å². The van der Waals surface area contributed by atoms with Crippen LogP contribution in [0.4, 0.5) is 0 Å². The average molecular weight is 465 g/mol. The molecule has 0 aliphatic heterocycles. The molecule has 1 rings (SSSR count). The van der Waals surface area contributed by atoms with E-state index in [0.29, 0.717) is 19.8 Å². The number of hydrogen-bond donors (Lipinski definition) is 0. The van der Waals surface area contributed by atoms with Crippen LogP contribution in [0.25, 0.3) is 0 Å². The first-order valence-electron chi connectivity index (χ1n) is 14.2. The second kappa shape index (κ2) is 17.7. The van der Waals surface area contributed by atoms with Gasteiger partial charge < -0.3 is 14.2 Å². The first-order valence-corrected chi connectivity index (χ1v) is 14.2. The lowest BCUT2D eigenvalue weighted by molar-refractivity contribution is -0.380. The maximum absolute atomic E-state index is 5.82. The van der Waals surface area contributed by atoms with E-state index >= 15 is 0 Å². The van der Waals surface area contributed by atoms with Crippen molar-refractivity contribution in [3.63, 3.8) is 0 Å². The van der Waals surface area contributed by atoms with Crippen LogP contribution in [0.2, 0.25) is 0 Å². The van der Waals surface area contributed by atoms with E-state index in [1.165, 1.54) is 83.5 Å². The lowest BCUT2D eigenvalue weighted by Gasteiger charge is -2.43. The van der Waals surface area contributed by atoms with Crippen LogP contribution in [-0.2, 0) is 14.2 Å². The molecule has 0 saturated heterocycles. The molecule has 0 aromatic carbocycles. The highest BCUT2D eigenvalue weighted by Crippen LogP contribution is 2.48. The fraction of sp³-hybridized carbons (Fsp3) is 0.867. The molecule has 33 heavy (non-hydrogen) atoms. The normalized spacial score (nSPS) is 19.3. The van der Waals surface area contributed by atoms with E-state index in [-0.39, 0.29) is 5.41 Å². The summed E-state index contributed by atoms with van der Waals surface area (Å²) in [4.78, 5) is 0. The number of rotatable bonds is 21. The Kier molecular flexibility index (Phi) is 16.3. The smallest absolute Gasteiger partial charge is 0.282 e. The minimum Gasteiger partial charge on any atom is -0.328 e. The van der Waals surface area contributed by atoms with Gasteiger partial charge in [0.25, 0.3) is 5.97 Å². The van der Waals surface area contributed by atoms with Crippen molar-refractivity contribution in [1.82, 2.24) is 0 Å². The Balaban J connectivity index is 2.11. The summed E-state index contributed by atoms with van der Waals surface area (Å²) in [5.41, 5.74) is 0.186. The molecule has 0 amide bonds. The van der Waals surface area contributed by atoms with Crippen LogP contribution in [0.15, 0.2) is 25.3 Å². The van der Waals surface area contributed by atoms with Gasteiger partial charge >= 0.3 is 0 Å². The molecule has 2 atom stereocenters. The Hall–Kier alpha value is -0.640. The molecule has 3 heteroatoms. The van der Waals surface area contributed by atoms with Gasteiger partial charge in [0, 0.05) is 31.7 Å². The molecule has 194 valence electrons. The quantitative estimate of drug-likeness (QED) is 0.0962. The fourth-order valence-corrected chi connectivity index (χ4v) is 5.90. The van der Waals surface area contributed by atoms with E-state index in [0.717, 1.165) is 24.7 Å². The molecule has 0 aromatic heterocycles. The number of unbranched alkanes of at least 4 members (excludes halogenated alkanes) is 8. The van der Waals surface area contributed by atoms with Crippen molar-refractivity contribution >= 4 is 0 Å². The largest absolute Gasteiger partial charge is 0.328 e. The van der Waals surface area contributed by atoms with Crippen molar-refractivity contribution in [2.45, 2.75) is 130 Å². The van der Waals surface area contributed by atoms with Gasteiger partial charge in [-0.3, -0.25) is 0 Å². The SMILES string of the molecule is C=CC1(C=C)CCCCC1C(C)CCCCCCCCCCCC(OCC)(OCC)OCC. The zero-order chi connectivity index (χ0) is 24.4. The summed E-state index contributed by atoms with van der Waals surface area (Å²) in [5.74, 6) is 0.691. The summed E-state index contributed by atoms with van der Waals surface area (Å²) in [6.45, 7) is 18.6. The van der Waals surface area contributed by atoms with Crippen molar-refractivity contribution in [3.05, 3.63) is 25.3 Å². The lowest BCUT2D eigenvalue weighted by Crippen LogP contribution is -2.39. The van der Waals surface area contributed by atoms with Crippen LogP contribution < -0.4 is 0 Å².